The average molecular weight is 776 g/mol. The van der Waals surface area contributed by atoms with Gasteiger partial charge in [-0.05, 0) is 113 Å². The van der Waals surface area contributed by atoms with Gasteiger partial charge in [-0.1, -0.05) is 218 Å². The van der Waals surface area contributed by atoms with Gasteiger partial charge < -0.3 is 4.90 Å². The molecule has 0 saturated heterocycles. The fourth-order valence-corrected chi connectivity index (χ4v) is 9.20. The van der Waals surface area contributed by atoms with Gasteiger partial charge in [0, 0.05) is 16.8 Å². The zero-order chi connectivity index (χ0) is 40.5. The average Bonchev–Trinajstić information content (AvgIpc) is 3.34. The van der Waals surface area contributed by atoms with Crippen LogP contribution in [0.1, 0.15) is 11.1 Å². The molecule has 0 aliphatic rings. The number of nitrogens with zero attached hydrogens (tertiary/aromatic N) is 1. The van der Waals surface area contributed by atoms with Crippen LogP contribution in [0, 0.1) is 0 Å². The number of fused-ring (bicyclic) bond motifs is 4. The van der Waals surface area contributed by atoms with Crippen molar-refractivity contribution < 1.29 is 0 Å². The van der Waals surface area contributed by atoms with E-state index >= 15 is 0 Å². The lowest BCUT2D eigenvalue weighted by atomic mass is 9.84. The van der Waals surface area contributed by atoms with E-state index in [1.807, 2.05) is 0 Å². The Morgan fingerprint density at radius 2 is 0.770 bits per heavy atom. The van der Waals surface area contributed by atoms with Crippen LogP contribution >= 0.6 is 0 Å². The molecule has 61 heavy (non-hydrogen) atoms. The monoisotopic (exact) mass is 775 g/mol. The molecule has 0 heterocycles. The van der Waals surface area contributed by atoms with Crippen LogP contribution in [0.15, 0.2) is 237 Å². The first kappa shape index (κ1) is 36.1. The minimum atomic E-state index is 1.11. The van der Waals surface area contributed by atoms with Crippen molar-refractivity contribution >= 4 is 72.3 Å². The summed E-state index contributed by atoms with van der Waals surface area (Å²) < 4.78 is 0. The SMILES string of the molecule is C(=Cc1ccc(-c2c3ccccc3c(-c3ccc(N(c4ccccc4)c4cccc5ccccc45)cc3)c3ccccc23)c2ccccc12)c1ccc(-c2ccccc2)cc1. The highest BCUT2D eigenvalue weighted by molar-refractivity contribution is 6.24. The largest absolute Gasteiger partial charge is 0.310 e. The van der Waals surface area contributed by atoms with Gasteiger partial charge in [-0.2, -0.15) is 0 Å². The molecule has 1 heteroatoms. The molecule has 1 nitrogen and oxygen atoms in total. The Morgan fingerprint density at radius 3 is 1.44 bits per heavy atom. The molecule has 0 fully saturated rings. The van der Waals surface area contributed by atoms with Crippen LogP contribution < -0.4 is 4.90 Å². The first-order chi connectivity index (χ1) is 30.3. The third-order valence-corrected chi connectivity index (χ3v) is 12.1. The number of rotatable bonds is 8. The molecule has 0 atom stereocenters. The maximum absolute atomic E-state index is 2.37. The molecule has 0 spiro atoms. The fourth-order valence-electron chi connectivity index (χ4n) is 9.20. The molecule has 0 radical (unpaired) electrons. The second kappa shape index (κ2) is 15.6. The molecule has 0 aliphatic carbocycles. The summed E-state index contributed by atoms with van der Waals surface area (Å²) in [4.78, 5) is 2.37. The number of anilines is 3. The van der Waals surface area contributed by atoms with E-state index in [4.69, 9.17) is 0 Å². The maximum atomic E-state index is 2.37. The van der Waals surface area contributed by atoms with Crippen molar-refractivity contribution in [3.8, 4) is 33.4 Å². The number of hydrogen-bond acceptors (Lipinski definition) is 1. The molecule has 0 bridgehead atoms. The minimum Gasteiger partial charge on any atom is -0.310 e. The lowest BCUT2D eigenvalue weighted by molar-refractivity contribution is 1.30. The Hall–Kier alpha value is -8.00. The molecule has 11 aromatic rings. The van der Waals surface area contributed by atoms with Crippen LogP contribution in [0.25, 0.3) is 88.6 Å². The van der Waals surface area contributed by atoms with Gasteiger partial charge in [-0.15, -0.1) is 0 Å². The molecule has 0 aliphatic heterocycles. The highest BCUT2D eigenvalue weighted by Crippen LogP contribution is 2.47. The molecule has 286 valence electrons. The summed E-state index contributed by atoms with van der Waals surface area (Å²) in [6.07, 6.45) is 4.48. The van der Waals surface area contributed by atoms with E-state index in [-0.39, 0.29) is 0 Å². The molecule has 0 amide bonds. The third kappa shape index (κ3) is 6.63. The second-order valence-corrected chi connectivity index (χ2v) is 15.6. The predicted molar refractivity (Wildman–Crippen MR) is 263 cm³/mol. The van der Waals surface area contributed by atoms with Gasteiger partial charge in [0.1, 0.15) is 0 Å². The van der Waals surface area contributed by atoms with Crippen molar-refractivity contribution in [2.75, 3.05) is 4.90 Å². The van der Waals surface area contributed by atoms with E-state index in [0.29, 0.717) is 0 Å². The van der Waals surface area contributed by atoms with Gasteiger partial charge in [0.2, 0.25) is 0 Å². The molecule has 0 aromatic heterocycles. The van der Waals surface area contributed by atoms with Gasteiger partial charge in [-0.25, -0.2) is 0 Å². The van der Waals surface area contributed by atoms with Gasteiger partial charge >= 0.3 is 0 Å². The van der Waals surface area contributed by atoms with Crippen LogP contribution in [-0.4, -0.2) is 0 Å². The smallest absolute Gasteiger partial charge is 0.0540 e. The van der Waals surface area contributed by atoms with Crippen molar-refractivity contribution in [2.24, 2.45) is 0 Å². The van der Waals surface area contributed by atoms with Crippen LogP contribution in [0.4, 0.5) is 17.1 Å². The molecular formula is C60H41N. The Balaban J connectivity index is 1.02. The molecule has 11 aromatic carbocycles. The molecule has 0 unspecified atom stereocenters. The zero-order valence-electron chi connectivity index (χ0n) is 33.6. The first-order valence-electron chi connectivity index (χ1n) is 21.0. The predicted octanol–water partition coefficient (Wildman–Crippen LogP) is 16.9. The summed E-state index contributed by atoms with van der Waals surface area (Å²) in [6.45, 7) is 0. The lowest BCUT2D eigenvalue weighted by Crippen LogP contribution is -2.10. The van der Waals surface area contributed by atoms with Gasteiger partial charge in [-0.3, -0.25) is 0 Å². The van der Waals surface area contributed by atoms with E-state index in [1.165, 1.54) is 87.6 Å². The second-order valence-electron chi connectivity index (χ2n) is 15.6. The van der Waals surface area contributed by atoms with Crippen molar-refractivity contribution in [1.82, 2.24) is 0 Å². The van der Waals surface area contributed by atoms with Crippen LogP contribution in [0.2, 0.25) is 0 Å². The van der Waals surface area contributed by atoms with Crippen LogP contribution in [0.3, 0.4) is 0 Å². The normalized spacial score (nSPS) is 11.5. The van der Waals surface area contributed by atoms with E-state index in [1.54, 1.807) is 0 Å². The summed E-state index contributed by atoms with van der Waals surface area (Å²) in [7, 11) is 0. The highest BCUT2D eigenvalue weighted by Gasteiger charge is 2.20. The van der Waals surface area contributed by atoms with Gasteiger partial charge in [0.25, 0.3) is 0 Å². The summed E-state index contributed by atoms with van der Waals surface area (Å²) >= 11 is 0. The summed E-state index contributed by atoms with van der Waals surface area (Å²) in [5, 5.41) is 9.89. The summed E-state index contributed by atoms with van der Waals surface area (Å²) in [5.41, 5.74) is 13.2. The number of hydrogen-bond donors (Lipinski definition) is 0. The maximum Gasteiger partial charge on any atom is 0.0540 e. The zero-order valence-corrected chi connectivity index (χ0v) is 33.6. The van der Waals surface area contributed by atoms with E-state index in [9.17, 15) is 0 Å². The van der Waals surface area contributed by atoms with Crippen LogP contribution in [0.5, 0.6) is 0 Å². The Kier molecular flexibility index (Phi) is 9.26. The number of benzene rings is 11. The molecule has 0 N–H and O–H groups in total. The minimum absolute atomic E-state index is 1.11. The lowest BCUT2D eigenvalue weighted by Gasteiger charge is -2.27. The van der Waals surface area contributed by atoms with Gasteiger partial charge in [0.05, 0.1) is 5.69 Å². The summed E-state index contributed by atoms with van der Waals surface area (Å²) in [6, 6.07) is 85.8. The third-order valence-electron chi connectivity index (χ3n) is 12.1. The quantitative estimate of drug-likeness (QED) is 0.110. The van der Waals surface area contributed by atoms with E-state index in [0.717, 1.165) is 17.1 Å². The Morgan fingerprint density at radius 1 is 0.279 bits per heavy atom. The Bertz CT molecular complexity index is 3320. The van der Waals surface area contributed by atoms with Crippen molar-refractivity contribution in [2.45, 2.75) is 0 Å². The van der Waals surface area contributed by atoms with Crippen LogP contribution in [-0.2, 0) is 0 Å². The van der Waals surface area contributed by atoms with Crippen molar-refractivity contribution in [1.29, 1.82) is 0 Å². The highest BCUT2D eigenvalue weighted by atomic mass is 15.1. The summed E-state index contributed by atoms with van der Waals surface area (Å²) in [5.74, 6) is 0. The first-order valence-corrected chi connectivity index (χ1v) is 21.0. The standard InChI is InChI=1S/C60H41N/c1-3-16-43(17-4-1)44-33-30-42(31-34-44)32-35-46-38-41-57(52-24-10-9-22-50(46)52)60-55-27-13-11-25-53(55)59(54-26-12-14-28-56(54)60)47-36-39-49(40-37-47)61(48-20-5-2-6-21-48)58-29-15-19-45-18-7-8-23-51(45)58/h1-41H. The molecule has 11 rings (SSSR count). The Labute approximate surface area is 356 Å². The molecular weight excluding hydrogens is 735 g/mol. The van der Waals surface area contributed by atoms with E-state index < -0.39 is 0 Å². The number of para-hydroxylation sites is 1. The molecule has 0 saturated carbocycles. The van der Waals surface area contributed by atoms with Crippen molar-refractivity contribution in [3.63, 3.8) is 0 Å². The van der Waals surface area contributed by atoms with E-state index in [2.05, 4.69) is 254 Å². The topological polar surface area (TPSA) is 3.24 Å². The van der Waals surface area contributed by atoms with Crippen molar-refractivity contribution in [3.05, 3.63) is 248 Å². The van der Waals surface area contributed by atoms with Gasteiger partial charge in [0.15, 0.2) is 0 Å². The fraction of sp³-hybridized carbons (Fsp3) is 0.